The predicted molar refractivity (Wildman–Crippen MR) is 120 cm³/mol. The van der Waals surface area contributed by atoms with Gasteiger partial charge in [0.15, 0.2) is 5.09 Å². The largest absolute Gasteiger partial charge is 0.449 e. The molecule has 0 aliphatic heterocycles. The number of hydrogen-bond acceptors (Lipinski definition) is 4. The molecule has 0 aliphatic rings. The number of anilines is 1. The quantitative estimate of drug-likeness (QED) is 0.310. The molecule has 7 heteroatoms. The van der Waals surface area contributed by atoms with Gasteiger partial charge in [0.1, 0.15) is 17.4 Å². The Hall–Kier alpha value is -2.46. The molecule has 0 radical (unpaired) electrons. The molecule has 0 bridgehead atoms. The highest BCUT2D eigenvalue weighted by molar-refractivity contribution is 9.10. The summed E-state index contributed by atoms with van der Waals surface area (Å²) in [5, 5.41) is 13.5. The molecule has 29 heavy (non-hydrogen) atoms. The number of rotatable bonds is 5. The maximum atomic E-state index is 12.5. The van der Waals surface area contributed by atoms with E-state index in [0.717, 1.165) is 20.5 Å². The molecule has 0 aliphatic carbocycles. The molecule has 0 saturated carbocycles. The van der Waals surface area contributed by atoms with Crippen molar-refractivity contribution in [3.8, 4) is 6.07 Å². The van der Waals surface area contributed by atoms with Crippen LogP contribution in [0.3, 0.4) is 0 Å². The Balaban J connectivity index is 1.79. The molecule has 1 N–H and O–H groups in total. The molecular formula is C22H16BrClN2O2S. The van der Waals surface area contributed by atoms with Crippen LogP contribution in [0.25, 0.3) is 6.08 Å². The highest BCUT2D eigenvalue weighted by Crippen LogP contribution is 2.37. The van der Waals surface area contributed by atoms with Crippen LogP contribution >= 0.6 is 39.3 Å². The summed E-state index contributed by atoms with van der Waals surface area (Å²) in [6.45, 7) is 3.88. The first kappa shape index (κ1) is 21.3. The second-order valence-corrected chi connectivity index (χ2v) is 8.62. The third-order valence-corrected chi connectivity index (χ3v) is 6.08. The van der Waals surface area contributed by atoms with Crippen molar-refractivity contribution in [2.24, 2.45) is 0 Å². The lowest BCUT2D eigenvalue weighted by Gasteiger charge is -2.08. The number of amides is 1. The minimum Gasteiger partial charge on any atom is -0.449 e. The number of halogens is 2. The minimum atomic E-state index is -0.487. The first-order chi connectivity index (χ1) is 13.9. The lowest BCUT2D eigenvalue weighted by molar-refractivity contribution is -0.112. The van der Waals surface area contributed by atoms with Crippen molar-refractivity contribution in [1.29, 1.82) is 5.26 Å². The van der Waals surface area contributed by atoms with E-state index in [1.807, 2.05) is 50.2 Å². The van der Waals surface area contributed by atoms with E-state index < -0.39 is 5.91 Å². The van der Waals surface area contributed by atoms with Crippen molar-refractivity contribution in [2.75, 3.05) is 5.32 Å². The van der Waals surface area contributed by atoms with Gasteiger partial charge in [-0.25, -0.2) is 0 Å². The van der Waals surface area contributed by atoms with Crippen LogP contribution in [0.5, 0.6) is 0 Å². The molecule has 1 aromatic heterocycles. The first-order valence-electron chi connectivity index (χ1n) is 8.59. The normalized spacial score (nSPS) is 11.2. The maximum Gasteiger partial charge on any atom is 0.266 e. The number of benzene rings is 2. The fourth-order valence-corrected chi connectivity index (χ4v) is 4.01. The third kappa shape index (κ3) is 5.54. The molecule has 0 fully saturated rings. The van der Waals surface area contributed by atoms with Gasteiger partial charge in [-0.15, -0.1) is 0 Å². The second-order valence-electron chi connectivity index (χ2n) is 6.28. The van der Waals surface area contributed by atoms with E-state index in [-0.39, 0.29) is 5.57 Å². The topological polar surface area (TPSA) is 66.0 Å². The Morgan fingerprint density at radius 3 is 2.59 bits per heavy atom. The Morgan fingerprint density at radius 2 is 1.93 bits per heavy atom. The van der Waals surface area contributed by atoms with E-state index in [9.17, 15) is 10.1 Å². The summed E-state index contributed by atoms with van der Waals surface area (Å²) in [4.78, 5) is 13.5. The summed E-state index contributed by atoms with van der Waals surface area (Å²) in [7, 11) is 0. The number of nitrogens with one attached hydrogen (secondary N) is 1. The third-order valence-electron chi connectivity index (χ3n) is 3.98. The Kier molecular flexibility index (Phi) is 6.86. The van der Waals surface area contributed by atoms with Gasteiger partial charge in [0, 0.05) is 21.7 Å². The van der Waals surface area contributed by atoms with Gasteiger partial charge in [0.05, 0.1) is 4.47 Å². The first-order valence-corrected chi connectivity index (χ1v) is 10.6. The zero-order chi connectivity index (χ0) is 21.0. The molecule has 4 nitrogen and oxygen atoms in total. The molecule has 0 saturated heterocycles. The summed E-state index contributed by atoms with van der Waals surface area (Å²) in [6.07, 6.45) is 1.43. The van der Waals surface area contributed by atoms with E-state index in [0.29, 0.717) is 21.6 Å². The van der Waals surface area contributed by atoms with Gasteiger partial charge in [0.25, 0.3) is 5.91 Å². The van der Waals surface area contributed by atoms with Crippen molar-refractivity contribution in [1.82, 2.24) is 0 Å². The highest BCUT2D eigenvalue weighted by atomic mass is 79.9. The second kappa shape index (κ2) is 9.36. The smallest absolute Gasteiger partial charge is 0.266 e. The van der Waals surface area contributed by atoms with Crippen LogP contribution in [0.1, 0.15) is 16.9 Å². The number of nitriles is 1. The van der Waals surface area contributed by atoms with Crippen LogP contribution in [0, 0.1) is 25.2 Å². The number of hydrogen-bond donors (Lipinski definition) is 1. The Labute approximate surface area is 186 Å². The van der Waals surface area contributed by atoms with Crippen LogP contribution in [0.4, 0.5) is 5.69 Å². The summed E-state index contributed by atoms with van der Waals surface area (Å²) in [6, 6.07) is 16.7. The number of furan rings is 1. The molecular weight excluding hydrogens is 472 g/mol. The Morgan fingerprint density at radius 1 is 1.21 bits per heavy atom. The average molecular weight is 488 g/mol. The van der Waals surface area contributed by atoms with Crippen molar-refractivity contribution in [2.45, 2.75) is 23.8 Å². The van der Waals surface area contributed by atoms with E-state index >= 15 is 0 Å². The fourth-order valence-electron chi connectivity index (χ4n) is 2.55. The lowest BCUT2D eigenvalue weighted by Crippen LogP contribution is -2.14. The van der Waals surface area contributed by atoms with Gasteiger partial charge in [-0.1, -0.05) is 41.1 Å². The summed E-state index contributed by atoms with van der Waals surface area (Å²) < 4.78 is 6.53. The van der Waals surface area contributed by atoms with Gasteiger partial charge in [-0.05, 0) is 71.7 Å². The van der Waals surface area contributed by atoms with Crippen LogP contribution in [0.15, 0.2) is 73.0 Å². The summed E-state index contributed by atoms with van der Waals surface area (Å²) in [5.74, 6) is -0.0838. The Bertz CT molecular complexity index is 1130. The zero-order valence-corrected chi connectivity index (χ0v) is 18.8. The SMILES string of the molecule is Cc1ccc(NC(=O)/C(C#N)=C\c2cc(Br)c(Sc3ccc(Cl)cc3)o2)c(C)c1. The van der Waals surface area contributed by atoms with Gasteiger partial charge in [-0.3, -0.25) is 4.79 Å². The molecule has 146 valence electrons. The molecule has 1 heterocycles. The molecule has 3 aromatic rings. The summed E-state index contributed by atoms with van der Waals surface area (Å²) in [5.41, 5.74) is 2.65. The molecule has 2 aromatic carbocycles. The van der Waals surface area contributed by atoms with E-state index in [1.165, 1.54) is 17.8 Å². The van der Waals surface area contributed by atoms with Crippen LogP contribution in [-0.4, -0.2) is 5.91 Å². The van der Waals surface area contributed by atoms with Gasteiger partial charge in [0.2, 0.25) is 0 Å². The maximum absolute atomic E-state index is 12.5. The fraction of sp³-hybridized carbons (Fsp3) is 0.0909. The van der Waals surface area contributed by atoms with Gasteiger partial charge in [-0.2, -0.15) is 5.26 Å². The zero-order valence-electron chi connectivity index (χ0n) is 15.6. The molecule has 3 rings (SSSR count). The standard InChI is InChI=1S/C22H16BrClN2O2S/c1-13-3-8-20(14(2)9-13)26-21(27)15(12-25)10-17-11-19(23)22(28-17)29-18-6-4-16(24)5-7-18/h3-11H,1-2H3,(H,26,27)/b15-10-. The van der Waals surface area contributed by atoms with E-state index in [1.54, 1.807) is 18.2 Å². The van der Waals surface area contributed by atoms with E-state index in [2.05, 4.69) is 21.2 Å². The molecule has 0 spiro atoms. The van der Waals surface area contributed by atoms with Crippen LogP contribution in [0.2, 0.25) is 5.02 Å². The predicted octanol–water partition coefficient (Wildman–Crippen LogP) is 7.01. The average Bonchev–Trinajstić information content (AvgIpc) is 3.02. The number of nitrogens with zero attached hydrogens (tertiary/aromatic N) is 1. The van der Waals surface area contributed by atoms with Crippen molar-refractivity contribution in [3.05, 3.63) is 80.5 Å². The van der Waals surface area contributed by atoms with Crippen molar-refractivity contribution in [3.63, 3.8) is 0 Å². The minimum absolute atomic E-state index is 0.0470. The lowest BCUT2D eigenvalue weighted by atomic mass is 10.1. The molecule has 0 unspecified atom stereocenters. The van der Waals surface area contributed by atoms with Gasteiger partial charge < -0.3 is 9.73 Å². The van der Waals surface area contributed by atoms with Crippen molar-refractivity contribution < 1.29 is 9.21 Å². The van der Waals surface area contributed by atoms with Crippen molar-refractivity contribution >= 4 is 57.0 Å². The summed E-state index contributed by atoms with van der Waals surface area (Å²) >= 11 is 10.8. The number of aryl methyl sites for hydroxylation is 2. The number of carbonyl (C=O) groups excluding carboxylic acids is 1. The number of carbonyl (C=O) groups is 1. The van der Waals surface area contributed by atoms with Gasteiger partial charge >= 0.3 is 0 Å². The van der Waals surface area contributed by atoms with Crippen LogP contribution < -0.4 is 5.32 Å². The molecule has 1 amide bonds. The molecule has 0 atom stereocenters. The monoisotopic (exact) mass is 486 g/mol. The van der Waals surface area contributed by atoms with E-state index in [4.69, 9.17) is 16.0 Å². The van der Waals surface area contributed by atoms with Crippen LogP contribution in [-0.2, 0) is 4.79 Å². The highest BCUT2D eigenvalue weighted by Gasteiger charge is 2.14.